The maximum atomic E-state index is 11.5. The Morgan fingerprint density at radius 2 is 2.13 bits per heavy atom. The van der Waals surface area contributed by atoms with Gasteiger partial charge in [0.2, 0.25) is 0 Å². The molecule has 1 aromatic rings. The minimum Gasteiger partial charge on any atom is -0.382 e. The van der Waals surface area contributed by atoms with Crippen LogP contribution >= 0.6 is 0 Å². The molecule has 0 bridgehead atoms. The fraction of sp³-hybridized carbons (Fsp3) is 0.444. The van der Waals surface area contributed by atoms with Crippen molar-refractivity contribution >= 4 is 10.1 Å². The fourth-order valence-electron chi connectivity index (χ4n) is 1.35. The Hall–Kier alpha value is -1.30. The van der Waals surface area contributed by atoms with Gasteiger partial charge in [0.25, 0.3) is 5.56 Å². The molecule has 5 nitrogen and oxygen atoms in total. The van der Waals surface area contributed by atoms with Crippen LogP contribution in [-0.2, 0) is 10.1 Å². The first-order chi connectivity index (χ1) is 6.96. The van der Waals surface area contributed by atoms with E-state index in [1.165, 1.54) is 12.1 Å². The van der Waals surface area contributed by atoms with Crippen LogP contribution in [0.15, 0.2) is 23.1 Å². The van der Waals surface area contributed by atoms with Crippen LogP contribution in [0.1, 0.15) is 18.9 Å². The molecule has 1 aliphatic carbocycles. The molecule has 6 heteroatoms. The van der Waals surface area contributed by atoms with E-state index in [4.69, 9.17) is 0 Å². The van der Waals surface area contributed by atoms with E-state index in [0.29, 0.717) is 0 Å². The summed E-state index contributed by atoms with van der Waals surface area (Å²) in [5.41, 5.74) is -0.223. The van der Waals surface area contributed by atoms with Gasteiger partial charge >= 0.3 is 10.1 Å². The predicted molar refractivity (Wildman–Crippen MR) is 54.4 cm³/mol. The molecule has 0 unspecified atom stereocenters. The van der Waals surface area contributed by atoms with Crippen molar-refractivity contribution in [1.82, 2.24) is 4.57 Å². The van der Waals surface area contributed by atoms with Crippen LogP contribution in [0.25, 0.3) is 0 Å². The number of pyridine rings is 1. The maximum Gasteiger partial charge on any atom is 0.306 e. The largest absolute Gasteiger partial charge is 0.382 e. The van der Waals surface area contributed by atoms with Crippen LogP contribution in [-0.4, -0.2) is 19.2 Å². The van der Waals surface area contributed by atoms with Gasteiger partial charge in [0, 0.05) is 18.3 Å². The zero-order valence-electron chi connectivity index (χ0n) is 8.21. The Morgan fingerprint density at radius 1 is 1.47 bits per heavy atom. The average Bonchev–Trinajstić information content (AvgIpc) is 2.84. The molecule has 0 spiro atoms. The van der Waals surface area contributed by atoms with Crippen molar-refractivity contribution < 1.29 is 12.6 Å². The molecule has 0 atom stereocenters. The lowest BCUT2D eigenvalue weighted by Crippen LogP contribution is -2.18. The van der Waals surface area contributed by atoms with Crippen molar-refractivity contribution in [3.05, 3.63) is 28.7 Å². The molecular weight excluding hydrogens is 218 g/mol. The van der Waals surface area contributed by atoms with Crippen molar-refractivity contribution in [3.8, 4) is 5.75 Å². The Morgan fingerprint density at radius 3 is 2.60 bits per heavy atom. The van der Waals surface area contributed by atoms with Crippen molar-refractivity contribution in [2.24, 2.45) is 0 Å². The Labute approximate surface area is 87.4 Å². The molecule has 15 heavy (non-hydrogen) atoms. The van der Waals surface area contributed by atoms with Crippen LogP contribution < -0.4 is 9.74 Å². The van der Waals surface area contributed by atoms with E-state index in [0.717, 1.165) is 19.1 Å². The van der Waals surface area contributed by atoms with Crippen LogP contribution in [0.4, 0.5) is 0 Å². The molecule has 0 saturated heterocycles. The van der Waals surface area contributed by atoms with E-state index in [9.17, 15) is 13.2 Å². The topological polar surface area (TPSA) is 65.4 Å². The van der Waals surface area contributed by atoms with E-state index in [2.05, 4.69) is 4.18 Å². The lowest BCUT2D eigenvalue weighted by molar-refractivity contribution is 0.491. The third kappa shape index (κ3) is 2.59. The van der Waals surface area contributed by atoms with E-state index in [-0.39, 0.29) is 17.4 Å². The summed E-state index contributed by atoms with van der Waals surface area (Å²) in [5, 5.41) is 0. The van der Waals surface area contributed by atoms with Gasteiger partial charge in [-0.1, -0.05) is 0 Å². The number of hydrogen-bond donors (Lipinski definition) is 0. The molecule has 0 radical (unpaired) electrons. The van der Waals surface area contributed by atoms with Crippen LogP contribution in [0.3, 0.4) is 0 Å². The average molecular weight is 229 g/mol. The standard InChI is InChI=1S/C9H11NO4S/c1-15(12,13)14-8-4-5-10(7-2-3-7)9(11)6-8/h4-7H,2-3H2,1H3. The van der Waals surface area contributed by atoms with E-state index < -0.39 is 10.1 Å². The van der Waals surface area contributed by atoms with Crippen LogP contribution in [0, 0.1) is 0 Å². The SMILES string of the molecule is CS(=O)(=O)Oc1ccn(C2CC2)c(=O)c1. The first-order valence-corrected chi connectivity index (χ1v) is 6.39. The highest BCUT2D eigenvalue weighted by Crippen LogP contribution is 2.33. The molecule has 1 aliphatic rings. The second-order valence-electron chi connectivity index (χ2n) is 3.63. The highest BCUT2D eigenvalue weighted by molar-refractivity contribution is 7.86. The molecular formula is C9H11NO4S. The number of hydrogen-bond acceptors (Lipinski definition) is 4. The van der Waals surface area contributed by atoms with Gasteiger partial charge < -0.3 is 8.75 Å². The number of rotatable bonds is 3. The van der Waals surface area contributed by atoms with E-state index >= 15 is 0 Å². The summed E-state index contributed by atoms with van der Waals surface area (Å²) >= 11 is 0. The van der Waals surface area contributed by atoms with Gasteiger partial charge in [0.05, 0.1) is 6.26 Å². The summed E-state index contributed by atoms with van der Waals surface area (Å²) in [5.74, 6) is 0.0689. The third-order valence-corrected chi connectivity index (χ3v) is 2.60. The second kappa shape index (κ2) is 3.37. The lowest BCUT2D eigenvalue weighted by atomic mass is 10.4. The fourth-order valence-corrected chi connectivity index (χ4v) is 1.81. The van der Waals surface area contributed by atoms with E-state index in [1.54, 1.807) is 10.8 Å². The molecule has 1 saturated carbocycles. The Kier molecular flexibility index (Phi) is 2.30. The molecule has 0 aliphatic heterocycles. The lowest BCUT2D eigenvalue weighted by Gasteiger charge is -2.05. The van der Waals surface area contributed by atoms with Gasteiger partial charge in [0.1, 0.15) is 5.75 Å². The van der Waals surface area contributed by atoms with Gasteiger partial charge in [-0.25, -0.2) is 0 Å². The van der Waals surface area contributed by atoms with Crippen molar-refractivity contribution in [2.45, 2.75) is 18.9 Å². The molecule has 1 heterocycles. The second-order valence-corrected chi connectivity index (χ2v) is 5.20. The molecule has 0 aromatic carbocycles. The summed E-state index contributed by atoms with van der Waals surface area (Å²) in [6.45, 7) is 0. The van der Waals surface area contributed by atoms with Crippen molar-refractivity contribution in [3.63, 3.8) is 0 Å². The zero-order valence-corrected chi connectivity index (χ0v) is 9.03. The van der Waals surface area contributed by atoms with Gasteiger partial charge in [-0.2, -0.15) is 8.42 Å². The molecule has 1 aromatic heterocycles. The quantitative estimate of drug-likeness (QED) is 0.709. The van der Waals surface area contributed by atoms with Gasteiger partial charge in [-0.3, -0.25) is 4.79 Å². The van der Waals surface area contributed by atoms with Gasteiger partial charge in [0.15, 0.2) is 0 Å². The summed E-state index contributed by atoms with van der Waals surface area (Å²) in [4.78, 5) is 11.5. The Bertz CT molecular complexity index is 527. The molecule has 1 fully saturated rings. The van der Waals surface area contributed by atoms with Gasteiger partial charge in [-0.05, 0) is 18.9 Å². The first-order valence-electron chi connectivity index (χ1n) is 4.57. The number of aromatic nitrogens is 1. The highest BCUT2D eigenvalue weighted by atomic mass is 32.2. The normalized spacial score (nSPS) is 16.3. The minimum atomic E-state index is -3.56. The summed E-state index contributed by atoms with van der Waals surface area (Å²) in [7, 11) is -3.56. The molecule has 82 valence electrons. The molecule has 2 rings (SSSR count). The van der Waals surface area contributed by atoms with E-state index in [1.807, 2.05) is 0 Å². The third-order valence-electron chi connectivity index (χ3n) is 2.11. The molecule has 0 amide bonds. The smallest absolute Gasteiger partial charge is 0.306 e. The van der Waals surface area contributed by atoms with Crippen molar-refractivity contribution in [1.29, 1.82) is 0 Å². The minimum absolute atomic E-state index is 0.0689. The monoisotopic (exact) mass is 229 g/mol. The first kappa shape index (κ1) is 10.2. The summed E-state index contributed by atoms with van der Waals surface area (Å²) < 4.78 is 27.8. The zero-order chi connectivity index (χ0) is 11.1. The predicted octanol–water partition coefficient (Wildman–Crippen LogP) is 0.522. The molecule has 0 N–H and O–H groups in total. The maximum absolute atomic E-state index is 11.5. The van der Waals surface area contributed by atoms with Crippen LogP contribution in [0.5, 0.6) is 5.75 Å². The highest BCUT2D eigenvalue weighted by Gasteiger charge is 2.24. The summed E-state index contributed by atoms with van der Waals surface area (Å²) in [6, 6.07) is 2.96. The summed E-state index contributed by atoms with van der Waals surface area (Å²) in [6.07, 6.45) is 4.53. The number of nitrogens with zero attached hydrogens (tertiary/aromatic N) is 1. The van der Waals surface area contributed by atoms with Crippen LogP contribution in [0.2, 0.25) is 0 Å². The Balaban J connectivity index is 2.29. The van der Waals surface area contributed by atoms with Crippen molar-refractivity contribution in [2.75, 3.05) is 6.26 Å². The van der Waals surface area contributed by atoms with Gasteiger partial charge in [-0.15, -0.1) is 0 Å².